The van der Waals surface area contributed by atoms with Gasteiger partial charge in [0.05, 0.1) is 5.69 Å². The Morgan fingerprint density at radius 2 is 1.18 bits per heavy atom. The van der Waals surface area contributed by atoms with Crippen molar-refractivity contribution in [2.75, 3.05) is 0 Å². The van der Waals surface area contributed by atoms with Crippen LogP contribution in [0.15, 0.2) is 48.8 Å². The minimum Gasteiger partial charge on any atom is -0.328 e. The quantitative estimate of drug-likeness (QED) is 0.201. The molecule has 0 bridgehead atoms. The van der Waals surface area contributed by atoms with Crippen molar-refractivity contribution in [2.45, 2.75) is 151 Å². The molecule has 2 aromatic rings. The maximum Gasteiger partial charge on any atom is 0.0571 e. The van der Waals surface area contributed by atoms with Crippen LogP contribution in [0, 0.1) is 29.6 Å². The predicted octanol–water partition coefficient (Wildman–Crippen LogP) is 8.62. The van der Waals surface area contributed by atoms with Crippen molar-refractivity contribution in [3.63, 3.8) is 0 Å². The molecule has 1 aliphatic rings. The van der Waals surface area contributed by atoms with Gasteiger partial charge in [0.1, 0.15) is 0 Å². The second kappa shape index (κ2) is 24.4. The maximum atomic E-state index is 5.93. The SMILES string of the molecule is CC(C)CC(C)c1ccccn1.CC(C)CC(N)c1ccccn1.CC(C)CC1CCC(N)C(N)C1.CCC(N)CC(C)C. The zero-order chi connectivity index (χ0) is 33.7. The van der Waals surface area contributed by atoms with E-state index < -0.39 is 0 Å². The van der Waals surface area contributed by atoms with Gasteiger partial charge in [-0.1, -0.05) is 81.4 Å². The Balaban J connectivity index is 0.000000567. The number of rotatable bonds is 11. The Bertz CT molecular complexity index is 851. The first-order valence-corrected chi connectivity index (χ1v) is 17.5. The van der Waals surface area contributed by atoms with Crippen LogP contribution in [0.5, 0.6) is 0 Å². The molecule has 8 N–H and O–H groups in total. The molecule has 0 saturated heterocycles. The van der Waals surface area contributed by atoms with Gasteiger partial charge in [-0.3, -0.25) is 9.97 Å². The second-order valence-corrected chi connectivity index (χ2v) is 14.7. The van der Waals surface area contributed by atoms with E-state index in [1.807, 2.05) is 30.5 Å². The molecule has 6 atom stereocenters. The van der Waals surface area contributed by atoms with Gasteiger partial charge in [-0.25, -0.2) is 0 Å². The standard InChI is InChI=1S/C11H17N.C10H22N2.C10H16N2.C7H17N/c1-9(2)8-10(3)11-6-4-5-7-12-11;1-7(2)5-8-3-4-9(11)10(12)6-8;1-8(2)7-9(11)10-5-3-4-6-12-10;1-4-7(8)5-6(2)3/h4-7,9-10H,8H2,1-3H3;7-10H,3-6,11-12H2,1-2H3;3-6,8-9H,7,11H2,1-2H3;6-7H,4-5,8H2,1-3H3. The molecule has 254 valence electrons. The Morgan fingerprint density at radius 1 is 0.659 bits per heavy atom. The first kappa shape index (κ1) is 42.1. The lowest BCUT2D eigenvalue weighted by Gasteiger charge is -2.32. The average Bonchev–Trinajstić information content (AvgIpc) is 2.95. The lowest BCUT2D eigenvalue weighted by atomic mass is 9.79. The van der Waals surface area contributed by atoms with Crippen molar-refractivity contribution < 1.29 is 0 Å². The lowest BCUT2D eigenvalue weighted by Crippen LogP contribution is -2.46. The van der Waals surface area contributed by atoms with E-state index in [0.29, 0.717) is 17.9 Å². The molecule has 0 aromatic carbocycles. The summed E-state index contributed by atoms with van der Waals surface area (Å²) in [6.07, 6.45) is 13.0. The highest BCUT2D eigenvalue weighted by Gasteiger charge is 2.25. The first-order valence-electron chi connectivity index (χ1n) is 17.5. The molecule has 1 saturated carbocycles. The molecule has 0 aliphatic heterocycles. The van der Waals surface area contributed by atoms with Gasteiger partial charge in [0.15, 0.2) is 0 Å². The fourth-order valence-corrected chi connectivity index (χ4v) is 5.69. The molecule has 1 fully saturated rings. The second-order valence-electron chi connectivity index (χ2n) is 14.7. The van der Waals surface area contributed by atoms with Crippen molar-refractivity contribution in [1.82, 2.24) is 9.97 Å². The van der Waals surface area contributed by atoms with Crippen molar-refractivity contribution >= 4 is 0 Å². The first-order chi connectivity index (χ1) is 20.7. The number of hydrogen-bond donors (Lipinski definition) is 4. The molecule has 0 amide bonds. The molecule has 2 aromatic heterocycles. The van der Waals surface area contributed by atoms with Gasteiger partial charge < -0.3 is 22.9 Å². The molecule has 6 heteroatoms. The van der Waals surface area contributed by atoms with E-state index in [2.05, 4.69) is 91.3 Å². The van der Waals surface area contributed by atoms with E-state index in [1.54, 1.807) is 6.20 Å². The molecular weight excluding hydrogens is 540 g/mol. The highest BCUT2D eigenvalue weighted by atomic mass is 14.8. The number of pyridine rings is 2. The van der Waals surface area contributed by atoms with Crippen molar-refractivity contribution in [3.8, 4) is 0 Å². The number of aromatic nitrogens is 2. The van der Waals surface area contributed by atoms with Gasteiger partial charge in [0, 0.05) is 42.3 Å². The highest BCUT2D eigenvalue weighted by molar-refractivity contribution is 5.08. The van der Waals surface area contributed by atoms with E-state index in [4.69, 9.17) is 22.9 Å². The van der Waals surface area contributed by atoms with Crippen LogP contribution in [0.1, 0.15) is 144 Å². The summed E-state index contributed by atoms with van der Waals surface area (Å²) in [6, 6.07) is 13.0. The van der Waals surface area contributed by atoms with Crippen LogP contribution in [0.3, 0.4) is 0 Å². The van der Waals surface area contributed by atoms with Gasteiger partial charge in [-0.05, 0) is 111 Å². The maximum absolute atomic E-state index is 5.93. The summed E-state index contributed by atoms with van der Waals surface area (Å²) in [4.78, 5) is 8.54. The van der Waals surface area contributed by atoms with E-state index >= 15 is 0 Å². The summed E-state index contributed by atoms with van der Waals surface area (Å²) in [5.41, 5.74) is 25.6. The molecular formula is C38H72N6. The molecule has 44 heavy (non-hydrogen) atoms. The fraction of sp³-hybridized carbons (Fsp3) is 0.737. The van der Waals surface area contributed by atoms with E-state index in [-0.39, 0.29) is 18.1 Å². The summed E-state index contributed by atoms with van der Waals surface area (Å²) >= 11 is 0. The molecule has 1 aliphatic carbocycles. The van der Waals surface area contributed by atoms with Crippen LogP contribution in [0.4, 0.5) is 0 Å². The summed E-state index contributed by atoms with van der Waals surface area (Å²) in [7, 11) is 0. The van der Waals surface area contributed by atoms with Gasteiger partial charge in [0.25, 0.3) is 0 Å². The largest absolute Gasteiger partial charge is 0.328 e. The predicted molar refractivity (Wildman–Crippen MR) is 193 cm³/mol. The molecule has 2 heterocycles. The van der Waals surface area contributed by atoms with Crippen LogP contribution in [-0.2, 0) is 0 Å². The Kier molecular flexibility index (Phi) is 23.4. The zero-order valence-corrected chi connectivity index (χ0v) is 30.3. The molecule has 6 nitrogen and oxygen atoms in total. The fourth-order valence-electron chi connectivity index (χ4n) is 5.69. The summed E-state index contributed by atoms with van der Waals surface area (Å²) in [5, 5.41) is 0. The number of nitrogens with two attached hydrogens (primary N) is 4. The molecule has 0 spiro atoms. The zero-order valence-electron chi connectivity index (χ0n) is 30.3. The smallest absolute Gasteiger partial charge is 0.0571 e. The van der Waals surface area contributed by atoms with Crippen LogP contribution in [0.25, 0.3) is 0 Å². The van der Waals surface area contributed by atoms with Gasteiger partial charge in [-0.15, -0.1) is 0 Å². The Labute approximate surface area is 273 Å². The highest BCUT2D eigenvalue weighted by Crippen LogP contribution is 2.28. The van der Waals surface area contributed by atoms with E-state index in [1.165, 1.54) is 25.0 Å². The normalized spacial score (nSPS) is 20.1. The van der Waals surface area contributed by atoms with Gasteiger partial charge >= 0.3 is 0 Å². The Hall–Kier alpha value is -1.86. The van der Waals surface area contributed by atoms with Crippen molar-refractivity contribution in [1.29, 1.82) is 0 Å². The Morgan fingerprint density at radius 3 is 1.57 bits per heavy atom. The summed E-state index contributed by atoms with van der Waals surface area (Å²) < 4.78 is 0. The number of hydrogen-bond acceptors (Lipinski definition) is 6. The summed E-state index contributed by atoms with van der Waals surface area (Å²) in [5.74, 6) is 4.36. The van der Waals surface area contributed by atoms with Crippen LogP contribution in [0.2, 0.25) is 0 Å². The minimum atomic E-state index is 0.0891. The monoisotopic (exact) mass is 613 g/mol. The van der Waals surface area contributed by atoms with Crippen LogP contribution in [-0.4, -0.2) is 28.1 Å². The van der Waals surface area contributed by atoms with Crippen molar-refractivity contribution in [3.05, 3.63) is 60.2 Å². The van der Waals surface area contributed by atoms with Gasteiger partial charge in [-0.2, -0.15) is 0 Å². The third-order valence-electron chi connectivity index (χ3n) is 7.98. The van der Waals surface area contributed by atoms with E-state index in [9.17, 15) is 0 Å². The number of nitrogens with zero attached hydrogens (tertiary/aromatic N) is 2. The topological polar surface area (TPSA) is 130 Å². The van der Waals surface area contributed by atoms with Crippen molar-refractivity contribution in [2.24, 2.45) is 52.5 Å². The third kappa shape index (κ3) is 21.8. The van der Waals surface area contributed by atoms with Crippen LogP contribution >= 0.6 is 0 Å². The van der Waals surface area contributed by atoms with Gasteiger partial charge in [0.2, 0.25) is 0 Å². The molecule has 3 rings (SSSR count). The minimum absolute atomic E-state index is 0.0891. The van der Waals surface area contributed by atoms with Crippen LogP contribution < -0.4 is 22.9 Å². The van der Waals surface area contributed by atoms with E-state index in [0.717, 1.165) is 61.5 Å². The average molecular weight is 613 g/mol. The third-order valence-corrected chi connectivity index (χ3v) is 7.98. The lowest BCUT2D eigenvalue weighted by molar-refractivity contribution is 0.255. The molecule has 0 radical (unpaired) electrons. The summed E-state index contributed by atoms with van der Waals surface area (Å²) in [6.45, 7) is 22.2. The molecule has 6 unspecified atom stereocenters.